The molecule has 0 saturated heterocycles. The Morgan fingerprint density at radius 2 is 1.90 bits per heavy atom. The molecule has 0 atom stereocenters. The molecule has 1 heterocycles. The fourth-order valence-corrected chi connectivity index (χ4v) is 2.26. The van der Waals surface area contributed by atoms with E-state index in [9.17, 15) is 4.79 Å². The van der Waals surface area contributed by atoms with Crippen molar-refractivity contribution in [3.05, 3.63) is 71.5 Å². The van der Waals surface area contributed by atoms with Gasteiger partial charge in [0.25, 0.3) is 0 Å². The van der Waals surface area contributed by atoms with Gasteiger partial charge in [0, 0.05) is 22.3 Å². The van der Waals surface area contributed by atoms with Gasteiger partial charge in [-0.15, -0.1) is 0 Å². The minimum atomic E-state index is 0.548. The predicted molar refractivity (Wildman–Crippen MR) is 79.4 cm³/mol. The van der Waals surface area contributed by atoms with Crippen molar-refractivity contribution < 1.29 is 4.79 Å². The zero-order valence-corrected chi connectivity index (χ0v) is 11.3. The Morgan fingerprint density at radius 1 is 1.10 bits per heavy atom. The third kappa shape index (κ3) is 2.36. The normalized spacial score (nSPS) is 10.4. The molecule has 0 aliphatic heterocycles. The van der Waals surface area contributed by atoms with E-state index in [0.717, 1.165) is 23.1 Å². The Bertz CT molecular complexity index is 750. The summed E-state index contributed by atoms with van der Waals surface area (Å²) in [6.07, 6.45) is 4.44. The molecule has 0 bridgehead atoms. The van der Waals surface area contributed by atoms with E-state index in [2.05, 4.69) is 5.10 Å². The van der Waals surface area contributed by atoms with E-state index in [-0.39, 0.29) is 0 Å². The minimum absolute atomic E-state index is 0.548. The van der Waals surface area contributed by atoms with Crippen molar-refractivity contribution in [2.24, 2.45) is 0 Å². The monoisotopic (exact) mass is 282 g/mol. The second-order valence-electron chi connectivity index (χ2n) is 4.36. The highest BCUT2D eigenvalue weighted by molar-refractivity contribution is 6.31. The summed E-state index contributed by atoms with van der Waals surface area (Å²) in [5, 5.41) is 4.88. The second-order valence-corrected chi connectivity index (χ2v) is 4.79. The first-order valence-corrected chi connectivity index (χ1v) is 6.51. The molecule has 0 N–H and O–H groups in total. The van der Waals surface area contributed by atoms with Gasteiger partial charge in [-0.25, -0.2) is 4.68 Å². The Morgan fingerprint density at radius 3 is 2.65 bits per heavy atom. The number of aromatic nitrogens is 2. The van der Waals surface area contributed by atoms with E-state index in [4.69, 9.17) is 11.6 Å². The average molecular weight is 283 g/mol. The van der Waals surface area contributed by atoms with Gasteiger partial charge in [0.1, 0.15) is 0 Å². The highest BCUT2D eigenvalue weighted by Crippen LogP contribution is 2.25. The van der Waals surface area contributed by atoms with Crippen molar-refractivity contribution in [3.8, 4) is 16.8 Å². The van der Waals surface area contributed by atoms with Gasteiger partial charge in [0.05, 0.1) is 11.9 Å². The first kappa shape index (κ1) is 12.6. The zero-order chi connectivity index (χ0) is 13.9. The van der Waals surface area contributed by atoms with Crippen LogP contribution in [0.4, 0.5) is 0 Å². The van der Waals surface area contributed by atoms with Crippen molar-refractivity contribution in [1.82, 2.24) is 9.78 Å². The van der Waals surface area contributed by atoms with Gasteiger partial charge in [-0.3, -0.25) is 4.79 Å². The van der Waals surface area contributed by atoms with E-state index in [1.165, 1.54) is 0 Å². The first-order valence-electron chi connectivity index (χ1n) is 6.13. The quantitative estimate of drug-likeness (QED) is 0.681. The summed E-state index contributed by atoms with van der Waals surface area (Å²) >= 11 is 5.90. The summed E-state index contributed by atoms with van der Waals surface area (Å²) in [7, 11) is 0. The lowest BCUT2D eigenvalue weighted by molar-refractivity contribution is 0.112. The summed E-state index contributed by atoms with van der Waals surface area (Å²) in [5.41, 5.74) is 3.24. The number of carbonyl (C=O) groups excluding carboxylic acids is 1. The van der Waals surface area contributed by atoms with Crippen LogP contribution in [-0.2, 0) is 0 Å². The van der Waals surface area contributed by atoms with Gasteiger partial charge in [-0.2, -0.15) is 5.10 Å². The maximum atomic E-state index is 11.1. The van der Waals surface area contributed by atoms with Gasteiger partial charge in [-0.1, -0.05) is 35.9 Å². The van der Waals surface area contributed by atoms with Crippen LogP contribution in [0.2, 0.25) is 5.02 Å². The molecular formula is C16H11ClN2O. The molecule has 0 aliphatic carbocycles. The summed E-state index contributed by atoms with van der Waals surface area (Å²) < 4.78 is 1.78. The fraction of sp³-hybridized carbons (Fsp3) is 0. The molecule has 20 heavy (non-hydrogen) atoms. The summed E-state index contributed by atoms with van der Waals surface area (Å²) in [4.78, 5) is 11.1. The van der Waals surface area contributed by atoms with Crippen LogP contribution in [0.25, 0.3) is 16.8 Å². The molecule has 0 amide bonds. The van der Waals surface area contributed by atoms with E-state index in [1.807, 2.05) is 42.6 Å². The molecule has 0 spiro atoms. The molecule has 3 aromatic rings. The molecular weight excluding hydrogens is 272 g/mol. The third-order valence-electron chi connectivity index (χ3n) is 3.05. The van der Waals surface area contributed by atoms with Gasteiger partial charge in [-0.05, 0) is 29.8 Å². The van der Waals surface area contributed by atoms with Crippen LogP contribution in [0, 0.1) is 0 Å². The van der Waals surface area contributed by atoms with Crippen molar-refractivity contribution in [3.63, 3.8) is 0 Å². The zero-order valence-electron chi connectivity index (χ0n) is 10.5. The van der Waals surface area contributed by atoms with Crippen LogP contribution in [0.1, 0.15) is 10.4 Å². The fourth-order valence-electron chi connectivity index (χ4n) is 2.08. The number of halogens is 1. The minimum Gasteiger partial charge on any atom is -0.298 e. The smallest absolute Gasteiger partial charge is 0.150 e. The molecule has 0 aliphatic rings. The highest BCUT2D eigenvalue weighted by atomic mass is 35.5. The molecule has 0 saturated carbocycles. The maximum Gasteiger partial charge on any atom is 0.150 e. The number of hydrogen-bond donors (Lipinski definition) is 0. The van der Waals surface area contributed by atoms with Gasteiger partial charge >= 0.3 is 0 Å². The summed E-state index contributed by atoms with van der Waals surface area (Å²) in [5.74, 6) is 0. The second kappa shape index (κ2) is 5.31. The van der Waals surface area contributed by atoms with Gasteiger partial charge in [0.2, 0.25) is 0 Å². The standard InChI is InChI=1S/C16H11ClN2O/c17-14-6-7-16(12(8-14)11-20)13-9-18-19(10-13)15-4-2-1-3-5-15/h1-11H. The largest absolute Gasteiger partial charge is 0.298 e. The molecule has 0 unspecified atom stereocenters. The number of aldehydes is 1. The SMILES string of the molecule is O=Cc1cc(Cl)ccc1-c1cnn(-c2ccccc2)c1. The van der Waals surface area contributed by atoms with Crippen molar-refractivity contribution in [2.45, 2.75) is 0 Å². The van der Waals surface area contributed by atoms with E-state index in [0.29, 0.717) is 10.6 Å². The van der Waals surface area contributed by atoms with Crippen LogP contribution < -0.4 is 0 Å². The number of benzene rings is 2. The van der Waals surface area contributed by atoms with Crippen LogP contribution >= 0.6 is 11.6 Å². The molecule has 0 fully saturated rings. The summed E-state index contributed by atoms with van der Waals surface area (Å²) in [6, 6.07) is 15.1. The lowest BCUT2D eigenvalue weighted by Gasteiger charge is -2.02. The third-order valence-corrected chi connectivity index (χ3v) is 3.29. The number of carbonyl (C=O) groups is 1. The van der Waals surface area contributed by atoms with Crippen LogP contribution in [-0.4, -0.2) is 16.1 Å². The van der Waals surface area contributed by atoms with Crippen LogP contribution in [0.15, 0.2) is 60.9 Å². The van der Waals surface area contributed by atoms with E-state index < -0.39 is 0 Å². The van der Waals surface area contributed by atoms with Crippen molar-refractivity contribution in [1.29, 1.82) is 0 Å². The number of para-hydroxylation sites is 1. The number of rotatable bonds is 3. The predicted octanol–water partition coefficient (Wildman–Crippen LogP) is 4.01. The highest BCUT2D eigenvalue weighted by Gasteiger charge is 2.08. The summed E-state index contributed by atoms with van der Waals surface area (Å²) in [6.45, 7) is 0. The van der Waals surface area contributed by atoms with Crippen LogP contribution in [0.5, 0.6) is 0 Å². The molecule has 3 rings (SSSR count). The molecule has 2 aromatic carbocycles. The lowest BCUT2D eigenvalue weighted by atomic mass is 10.0. The lowest BCUT2D eigenvalue weighted by Crippen LogP contribution is -1.92. The Labute approximate surface area is 121 Å². The Kier molecular flexibility index (Phi) is 3.35. The topological polar surface area (TPSA) is 34.9 Å². The molecule has 4 heteroatoms. The van der Waals surface area contributed by atoms with Crippen LogP contribution in [0.3, 0.4) is 0 Å². The van der Waals surface area contributed by atoms with Crippen molar-refractivity contribution >= 4 is 17.9 Å². The van der Waals surface area contributed by atoms with Gasteiger partial charge < -0.3 is 0 Å². The number of nitrogens with zero attached hydrogens (tertiary/aromatic N) is 2. The maximum absolute atomic E-state index is 11.1. The Balaban J connectivity index is 2.05. The van der Waals surface area contributed by atoms with E-state index >= 15 is 0 Å². The number of hydrogen-bond acceptors (Lipinski definition) is 2. The Hall–Kier alpha value is -2.39. The molecule has 1 aromatic heterocycles. The molecule has 3 nitrogen and oxygen atoms in total. The van der Waals surface area contributed by atoms with Gasteiger partial charge in [0.15, 0.2) is 6.29 Å². The first-order chi connectivity index (χ1) is 9.78. The van der Waals surface area contributed by atoms with E-state index in [1.54, 1.807) is 23.0 Å². The molecule has 0 radical (unpaired) electrons. The molecule has 98 valence electrons. The van der Waals surface area contributed by atoms with Crippen molar-refractivity contribution in [2.75, 3.05) is 0 Å². The average Bonchev–Trinajstić information content (AvgIpc) is 2.97.